The summed E-state index contributed by atoms with van der Waals surface area (Å²) in [7, 11) is 1.67. The molecule has 2 unspecified atom stereocenters. The molecule has 2 atom stereocenters. The highest BCUT2D eigenvalue weighted by Crippen LogP contribution is 2.42. The topological polar surface area (TPSA) is 46.5 Å². The zero-order valence-electron chi connectivity index (χ0n) is 10.5. The van der Waals surface area contributed by atoms with E-state index in [1.807, 2.05) is 13.0 Å². The van der Waals surface area contributed by atoms with E-state index in [0.717, 1.165) is 24.2 Å². The largest absolute Gasteiger partial charge is 0.496 e. The van der Waals surface area contributed by atoms with Crippen LogP contribution in [0.4, 0.5) is 0 Å². The zero-order valence-corrected chi connectivity index (χ0v) is 10.5. The maximum atomic E-state index is 10.8. The van der Waals surface area contributed by atoms with E-state index in [2.05, 4.69) is 13.0 Å². The van der Waals surface area contributed by atoms with E-state index in [9.17, 15) is 4.79 Å². The molecule has 1 aliphatic rings. The van der Waals surface area contributed by atoms with E-state index in [1.54, 1.807) is 7.11 Å². The number of aliphatic carboxylic acids is 1. The SMILES string of the molecule is COc1ccc(CC2CC2C(=O)O)c(C)c1C. The molecule has 92 valence electrons. The summed E-state index contributed by atoms with van der Waals surface area (Å²) in [5.41, 5.74) is 3.62. The maximum Gasteiger partial charge on any atom is 0.306 e. The first-order chi connectivity index (χ1) is 8.04. The van der Waals surface area contributed by atoms with Crippen LogP contribution in [0.2, 0.25) is 0 Å². The lowest BCUT2D eigenvalue weighted by atomic mass is 9.97. The van der Waals surface area contributed by atoms with Crippen LogP contribution in [-0.4, -0.2) is 18.2 Å². The average Bonchev–Trinajstić information content (AvgIpc) is 3.05. The lowest BCUT2D eigenvalue weighted by Crippen LogP contribution is -2.03. The Hall–Kier alpha value is -1.51. The van der Waals surface area contributed by atoms with E-state index in [0.29, 0.717) is 5.92 Å². The fourth-order valence-corrected chi connectivity index (χ4v) is 2.35. The Labute approximate surface area is 101 Å². The molecular formula is C14H18O3. The molecule has 1 aromatic rings. The summed E-state index contributed by atoms with van der Waals surface area (Å²) in [5.74, 6) is 0.436. The van der Waals surface area contributed by atoms with Gasteiger partial charge in [0.2, 0.25) is 0 Å². The van der Waals surface area contributed by atoms with E-state index < -0.39 is 5.97 Å². The fraction of sp³-hybridized carbons (Fsp3) is 0.500. The van der Waals surface area contributed by atoms with Gasteiger partial charge in [-0.1, -0.05) is 6.07 Å². The smallest absolute Gasteiger partial charge is 0.306 e. The monoisotopic (exact) mass is 234 g/mol. The third-order valence-electron chi connectivity index (χ3n) is 3.79. The normalized spacial score (nSPS) is 22.3. The number of carboxylic acid groups (broad SMARTS) is 1. The van der Waals surface area contributed by atoms with Gasteiger partial charge in [-0.2, -0.15) is 0 Å². The molecule has 0 spiro atoms. The van der Waals surface area contributed by atoms with Gasteiger partial charge in [0, 0.05) is 0 Å². The third-order valence-corrected chi connectivity index (χ3v) is 3.79. The molecule has 1 aromatic carbocycles. The molecule has 0 bridgehead atoms. The van der Waals surface area contributed by atoms with E-state index in [4.69, 9.17) is 9.84 Å². The van der Waals surface area contributed by atoms with Crippen molar-refractivity contribution < 1.29 is 14.6 Å². The molecule has 1 saturated carbocycles. The minimum atomic E-state index is -0.655. The summed E-state index contributed by atoms with van der Waals surface area (Å²) in [6.45, 7) is 4.12. The number of hydrogen-bond acceptors (Lipinski definition) is 2. The summed E-state index contributed by atoms with van der Waals surface area (Å²) >= 11 is 0. The van der Waals surface area contributed by atoms with Gasteiger partial charge in [-0.05, 0) is 55.4 Å². The van der Waals surface area contributed by atoms with E-state index in [1.165, 1.54) is 11.1 Å². The first-order valence-electron chi connectivity index (χ1n) is 5.90. The fourth-order valence-electron chi connectivity index (χ4n) is 2.35. The first-order valence-corrected chi connectivity index (χ1v) is 5.90. The minimum Gasteiger partial charge on any atom is -0.496 e. The van der Waals surface area contributed by atoms with Crippen LogP contribution in [0.3, 0.4) is 0 Å². The Morgan fingerprint density at radius 2 is 2.12 bits per heavy atom. The third kappa shape index (κ3) is 2.28. The van der Waals surface area contributed by atoms with Gasteiger partial charge in [-0.15, -0.1) is 0 Å². The molecule has 0 aromatic heterocycles. The number of carboxylic acids is 1. The zero-order chi connectivity index (χ0) is 12.6. The highest BCUT2D eigenvalue weighted by atomic mass is 16.5. The van der Waals surface area contributed by atoms with Crippen LogP contribution >= 0.6 is 0 Å². The van der Waals surface area contributed by atoms with Crippen molar-refractivity contribution in [1.29, 1.82) is 0 Å². The lowest BCUT2D eigenvalue weighted by Gasteiger charge is -2.12. The number of hydrogen-bond donors (Lipinski definition) is 1. The van der Waals surface area contributed by atoms with E-state index >= 15 is 0 Å². The molecule has 0 aliphatic heterocycles. The highest BCUT2D eigenvalue weighted by molar-refractivity contribution is 5.73. The second-order valence-electron chi connectivity index (χ2n) is 4.82. The molecule has 0 amide bonds. The summed E-state index contributed by atoms with van der Waals surface area (Å²) in [4.78, 5) is 10.8. The van der Waals surface area contributed by atoms with Gasteiger partial charge >= 0.3 is 5.97 Å². The van der Waals surface area contributed by atoms with Crippen molar-refractivity contribution in [2.24, 2.45) is 11.8 Å². The predicted octanol–water partition coefficient (Wildman–Crippen LogP) is 2.58. The molecule has 0 radical (unpaired) electrons. The van der Waals surface area contributed by atoms with Crippen LogP contribution in [0.15, 0.2) is 12.1 Å². The molecule has 1 fully saturated rings. The second-order valence-corrected chi connectivity index (χ2v) is 4.82. The highest BCUT2D eigenvalue weighted by Gasteiger charge is 2.42. The van der Waals surface area contributed by atoms with Crippen LogP contribution < -0.4 is 4.74 Å². The van der Waals surface area contributed by atoms with Crippen LogP contribution in [0.1, 0.15) is 23.1 Å². The molecule has 3 heteroatoms. The van der Waals surface area contributed by atoms with Crippen molar-refractivity contribution in [3.63, 3.8) is 0 Å². The van der Waals surface area contributed by atoms with Gasteiger partial charge in [0.25, 0.3) is 0 Å². The Morgan fingerprint density at radius 1 is 1.41 bits per heavy atom. The lowest BCUT2D eigenvalue weighted by molar-refractivity contribution is -0.138. The molecular weight excluding hydrogens is 216 g/mol. The van der Waals surface area contributed by atoms with Crippen LogP contribution in [0, 0.1) is 25.7 Å². The molecule has 0 heterocycles. The number of methoxy groups -OCH3 is 1. The van der Waals surface area contributed by atoms with Crippen LogP contribution in [-0.2, 0) is 11.2 Å². The number of ether oxygens (including phenoxy) is 1. The van der Waals surface area contributed by atoms with Crippen LogP contribution in [0.5, 0.6) is 5.75 Å². The Kier molecular flexibility index (Phi) is 3.09. The summed E-state index contributed by atoms with van der Waals surface area (Å²) in [5, 5.41) is 8.89. The standard InChI is InChI=1S/C14H18O3/c1-8-9(2)13(17-3)5-4-10(8)6-11-7-12(11)14(15)16/h4-5,11-12H,6-7H2,1-3H3,(H,15,16). The van der Waals surface area contributed by atoms with Gasteiger partial charge in [0.15, 0.2) is 0 Å². The quantitative estimate of drug-likeness (QED) is 0.871. The number of rotatable bonds is 4. The Morgan fingerprint density at radius 3 is 2.65 bits per heavy atom. The summed E-state index contributed by atoms with van der Waals surface area (Å²) < 4.78 is 5.27. The summed E-state index contributed by atoms with van der Waals surface area (Å²) in [6, 6.07) is 4.02. The molecule has 17 heavy (non-hydrogen) atoms. The van der Waals surface area contributed by atoms with Crippen molar-refractivity contribution in [3.8, 4) is 5.75 Å². The van der Waals surface area contributed by atoms with Gasteiger partial charge in [0.05, 0.1) is 13.0 Å². The van der Waals surface area contributed by atoms with Crippen molar-refractivity contribution >= 4 is 5.97 Å². The van der Waals surface area contributed by atoms with Gasteiger partial charge in [0.1, 0.15) is 5.75 Å². The molecule has 1 aliphatic carbocycles. The number of carbonyl (C=O) groups is 1. The second kappa shape index (κ2) is 4.40. The predicted molar refractivity (Wildman–Crippen MR) is 65.4 cm³/mol. The molecule has 0 saturated heterocycles. The van der Waals surface area contributed by atoms with Gasteiger partial charge < -0.3 is 9.84 Å². The number of benzene rings is 1. The average molecular weight is 234 g/mol. The van der Waals surface area contributed by atoms with E-state index in [-0.39, 0.29) is 5.92 Å². The van der Waals surface area contributed by atoms with Crippen molar-refractivity contribution in [1.82, 2.24) is 0 Å². The van der Waals surface area contributed by atoms with Crippen LogP contribution in [0.25, 0.3) is 0 Å². The molecule has 2 rings (SSSR count). The van der Waals surface area contributed by atoms with Crippen molar-refractivity contribution in [2.75, 3.05) is 7.11 Å². The Balaban J connectivity index is 2.13. The summed E-state index contributed by atoms with van der Waals surface area (Å²) in [6.07, 6.45) is 1.69. The van der Waals surface area contributed by atoms with Gasteiger partial charge in [-0.25, -0.2) is 0 Å². The first kappa shape index (κ1) is 12.0. The molecule has 3 nitrogen and oxygen atoms in total. The maximum absolute atomic E-state index is 10.8. The van der Waals surface area contributed by atoms with Crippen molar-refractivity contribution in [2.45, 2.75) is 26.7 Å². The minimum absolute atomic E-state index is 0.128. The Bertz CT molecular complexity index is 451. The van der Waals surface area contributed by atoms with Gasteiger partial charge in [-0.3, -0.25) is 4.79 Å². The van der Waals surface area contributed by atoms with Crippen molar-refractivity contribution in [3.05, 3.63) is 28.8 Å². The molecule has 1 N–H and O–H groups in total.